The number of likely N-dealkylation sites (tertiary alicyclic amines) is 1. The molecular weight excluding hydrogens is 394 g/mol. The average Bonchev–Trinajstić information content (AvgIpc) is 2.73. The van der Waals surface area contributed by atoms with Gasteiger partial charge in [-0.15, -0.1) is 12.4 Å². The molecule has 3 rings (SSSR count). The number of hydrogen-bond donors (Lipinski definition) is 1. The smallest absolute Gasteiger partial charge is 0.236 e. The number of carbonyl (C=O) groups excluding carboxylic acids is 2. The predicted molar refractivity (Wildman–Crippen MR) is 114 cm³/mol. The van der Waals surface area contributed by atoms with E-state index in [0.717, 1.165) is 31.5 Å². The third kappa shape index (κ3) is 4.78. The van der Waals surface area contributed by atoms with E-state index in [9.17, 15) is 9.59 Å². The van der Waals surface area contributed by atoms with Gasteiger partial charge in [0, 0.05) is 32.2 Å². The number of methoxy groups -OCH3 is 2. The number of benzene rings is 1. The minimum Gasteiger partial charge on any atom is -0.493 e. The standard InChI is InChI=1S/C21H31N3O4.ClH/c1-21(2,15-7-8-17(27-3)18(12-15)28-4)20(26)23-10-5-6-16(14-23)24-11-9-22-13-19(24)25;/h7-8,12,16,22H,5-6,9-11,13-14H2,1-4H3;1H. The number of nitrogens with zero attached hydrogens (tertiary/aromatic N) is 2. The molecule has 1 aromatic rings. The van der Waals surface area contributed by atoms with Crippen molar-refractivity contribution in [3.63, 3.8) is 0 Å². The minimum absolute atomic E-state index is 0. The second-order valence-corrected chi connectivity index (χ2v) is 8.01. The molecule has 2 aliphatic rings. The highest BCUT2D eigenvalue weighted by Crippen LogP contribution is 2.35. The summed E-state index contributed by atoms with van der Waals surface area (Å²) in [6.45, 7) is 7.12. The maximum Gasteiger partial charge on any atom is 0.236 e. The maximum absolute atomic E-state index is 13.4. The molecule has 1 unspecified atom stereocenters. The van der Waals surface area contributed by atoms with E-state index in [-0.39, 0.29) is 30.3 Å². The summed E-state index contributed by atoms with van der Waals surface area (Å²) < 4.78 is 10.7. The molecule has 0 radical (unpaired) electrons. The second-order valence-electron chi connectivity index (χ2n) is 8.01. The number of ether oxygens (including phenoxy) is 2. The summed E-state index contributed by atoms with van der Waals surface area (Å²) >= 11 is 0. The fourth-order valence-electron chi connectivity index (χ4n) is 4.14. The first-order valence-electron chi connectivity index (χ1n) is 9.90. The van der Waals surface area contributed by atoms with Gasteiger partial charge in [-0.25, -0.2) is 0 Å². The molecular formula is C21H32ClN3O4. The molecule has 29 heavy (non-hydrogen) atoms. The molecule has 1 aromatic carbocycles. The lowest BCUT2D eigenvalue weighted by Gasteiger charge is -2.43. The second kappa shape index (κ2) is 9.67. The lowest BCUT2D eigenvalue weighted by atomic mass is 9.82. The quantitative estimate of drug-likeness (QED) is 0.779. The Morgan fingerprint density at radius 3 is 2.55 bits per heavy atom. The van der Waals surface area contributed by atoms with Crippen molar-refractivity contribution in [1.82, 2.24) is 15.1 Å². The Morgan fingerprint density at radius 2 is 1.90 bits per heavy atom. The van der Waals surface area contributed by atoms with Crippen molar-refractivity contribution < 1.29 is 19.1 Å². The summed E-state index contributed by atoms with van der Waals surface area (Å²) in [7, 11) is 3.19. The molecule has 162 valence electrons. The molecule has 0 aromatic heterocycles. The van der Waals surface area contributed by atoms with Gasteiger partial charge in [0.05, 0.1) is 26.2 Å². The SMILES string of the molecule is COc1ccc(C(C)(C)C(=O)N2CCCC(N3CCNCC3=O)C2)cc1OC.Cl. The topological polar surface area (TPSA) is 71.1 Å². The van der Waals surface area contributed by atoms with E-state index in [4.69, 9.17) is 9.47 Å². The Labute approximate surface area is 179 Å². The summed E-state index contributed by atoms with van der Waals surface area (Å²) in [4.78, 5) is 29.5. The Hall–Kier alpha value is -1.99. The number of halogens is 1. The summed E-state index contributed by atoms with van der Waals surface area (Å²) in [5, 5.41) is 3.11. The summed E-state index contributed by atoms with van der Waals surface area (Å²) in [6, 6.07) is 5.73. The van der Waals surface area contributed by atoms with E-state index in [2.05, 4.69) is 5.32 Å². The van der Waals surface area contributed by atoms with E-state index < -0.39 is 5.41 Å². The van der Waals surface area contributed by atoms with Crippen LogP contribution in [0.15, 0.2) is 18.2 Å². The van der Waals surface area contributed by atoms with Crippen LogP contribution < -0.4 is 14.8 Å². The van der Waals surface area contributed by atoms with Crippen LogP contribution in [0.5, 0.6) is 11.5 Å². The number of nitrogens with one attached hydrogen (secondary N) is 1. The summed E-state index contributed by atoms with van der Waals surface area (Å²) in [5.74, 6) is 1.46. The van der Waals surface area contributed by atoms with Gasteiger partial charge in [-0.3, -0.25) is 9.59 Å². The van der Waals surface area contributed by atoms with Gasteiger partial charge >= 0.3 is 0 Å². The molecule has 8 heteroatoms. The third-order valence-corrected chi connectivity index (χ3v) is 5.89. The van der Waals surface area contributed by atoms with Gasteiger partial charge in [-0.2, -0.15) is 0 Å². The Bertz CT molecular complexity index is 741. The molecule has 2 fully saturated rings. The van der Waals surface area contributed by atoms with E-state index in [1.807, 2.05) is 41.8 Å². The van der Waals surface area contributed by atoms with Crippen molar-refractivity contribution in [2.75, 3.05) is 46.9 Å². The van der Waals surface area contributed by atoms with E-state index >= 15 is 0 Å². The summed E-state index contributed by atoms with van der Waals surface area (Å²) in [6.07, 6.45) is 1.86. The lowest BCUT2D eigenvalue weighted by Crippen LogP contribution is -2.58. The lowest BCUT2D eigenvalue weighted by molar-refractivity contribution is -0.143. The van der Waals surface area contributed by atoms with Gasteiger partial charge in [0.25, 0.3) is 0 Å². The number of piperazine rings is 1. The zero-order chi connectivity index (χ0) is 20.3. The first kappa shape index (κ1) is 23.3. The largest absolute Gasteiger partial charge is 0.493 e. The van der Waals surface area contributed by atoms with Crippen LogP contribution in [0.1, 0.15) is 32.3 Å². The predicted octanol–water partition coefficient (Wildman–Crippen LogP) is 1.83. The van der Waals surface area contributed by atoms with Crippen molar-refractivity contribution in [3.05, 3.63) is 23.8 Å². The van der Waals surface area contributed by atoms with Crippen molar-refractivity contribution in [3.8, 4) is 11.5 Å². The number of piperidine rings is 1. The van der Waals surface area contributed by atoms with Gasteiger partial charge in [0.2, 0.25) is 11.8 Å². The van der Waals surface area contributed by atoms with Crippen molar-refractivity contribution >= 4 is 24.2 Å². The van der Waals surface area contributed by atoms with Gasteiger partial charge < -0.3 is 24.6 Å². The maximum atomic E-state index is 13.4. The van der Waals surface area contributed by atoms with Crippen LogP contribution in [-0.4, -0.2) is 74.6 Å². The van der Waals surface area contributed by atoms with Crippen LogP contribution >= 0.6 is 12.4 Å². The first-order valence-corrected chi connectivity index (χ1v) is 9.90. The van der Waals surface area contributed by atoms with Crippen molar-refractivity contribution in [2.24, 2.45) is 0 Å². The molecule has 0 aliphatic carbocycles. The number of rotatable bonds is 5. The Morgan fingerprint density at radius 1 is 1.17 bits per heavy atom. The molecule has 2 amide bonds. The number of amides is 2. The van der Waals surface area contributed by atoms with Gasteiger partial charge in [0.15, 0.2) is 11.5 Å². The molecule has 7 nitrogen and oxygen atoms in total. The molecule has 0 saturated carbocycles. The molecule has 1 N–H and O–H groups in total. The highest BCUT2D eigenvalue weighted by molar-refractivity contribution is 5.88. The van der Waals surface area contributed by atoms with Crippen LogP contribution in [0.4, 0.5) is 0 Å². The number of hydrogen-bond acceptors (Lipinski definition) is 5. The zero-order valence-corrected chi connectivity index (χ0v) is 18.5. The molecule has 2 heterocycles. The fraction of sp³-hybridized carbons (Fsp3) is 0.619. The Kier molecular flexibility index (Phi) is 7.77. The molecule has 2 aliphatic heterocycles. The van der Waals surface area contributed by atoms with Crippen LogP contribution in [0.3, 0.4) is 0 Å². The molecule has 1 atom stereocenters. The average molecular weight is 426 g/mol. The van der Waals surface area contributed by atoms with Crippen molar-refractivity contribution in [2.45, 2.75) is 38.1 Å². The van der Waals surface area contributed by atoms with Crippen LogP contribution in [0.2, 0.25) is 0 Å². The van der Waals surface area contributed by atoms with E-state index in [1.54, 1.807) is 14.2 Å². The Balaban J connectivity index is 0.00000300. The van der Waals surface area contributed by atoms with Crippen LogP contribution in [0, 0.1) is 0 Å². The van der Waals surface area contributed by atoms with E-state index in [0.29, 0.717) is 31.1 Å². The zero-order valence-electron chi connectivity index (χ0n) is 17.7. The summed E-state index contributed by atoms with van der Waals surface area (Å²) in [5.41, 5.74) is 0.185. The van der Waals surface area contributed by atoms with Gasteiger partial charge in [-0.05, 0) is 44.4 Å². The molecule has 2 saturated heterocycles. The minimum atomic E-state index is -0.699. The molecule has 0 spiro atoms. The highest BCUT2D eigenvalue weighted by atomic mass is 35.5. The third-order valence-electron chi connectivity index (χ3n) is 5.89. The molecule has 0 bridgehead atoms. The number of carbonyl (C=O) groups is 2. The van der Waals surface area contributed by atoms with Gasteiger partial charge in [-0.1, -0.05) is 6.07 Å². The van der Waals surface area contributed by atoms with Crippen LogP contribution in [0.25, 0.3) is 0 Å². The highest BCUT2D eigenvalue weighted by Gasteiger charge is 2.38. The van der Waals surface area contributed by atoms with Crippen molar-refractivity contribution in [1.29, 1.82) is 0 Å². The normalized spacial score (nSPS) is 20.1. The van der Waals surface area contributed by atoms with Crippen LogP contribution in [-0.2, 0) is 15.0 Å². The van der Waals surface area contributed by atoms with E-state index in [1.165, 1.54) is 0 Å². The monoisotopic (exact) mass is 425 g/mol. The first-order chi connectivity index (χ1) is 13.4. The van der Waals surface area contributed by atoms with Gasteiger partial charge in [0.1, 0.15) is 0 Å². The fourth-order valence-corrected chi connectivity index (χ4v) is 4.14.